The molecule has 2 aliphatic heterocycles. The topological polar surface area (TPSA) is 381 Å². The first-order chi connectivity index (χ1) is 58.3. The Morgan fingerprint density at radius 2 is 1.30 bits per heavy atom. The third-order valence-electron chi connectivity index (χ3n) is 22.7. The number of H-pyrrole nitrogens is 1. The number of aliphatic hydroxyl groups excluding tert-OH is 1. The van der Waals surface area contributed by atoms with Crippen LogP contribution in [-0.2, 0) is 90.3 Å². The number of imidazole rings is 1. The number of nitrogens with two attached hydrogens (primary N) is 1. The lowest BCUT2D eigenvalue weighted by Crippen LogP contribution is -2.46. The molecule has 0 bridgehead atoms. The van der Waals surface area contributed by atoms with Gasteiger partial charge in [0.15, 0.2) is 5.82 Å². The number of Topliss-reactive ketones (excluding diaryl/α,β-unsaturated/α-hetero) is 3. The number of ketones is 3. The van der Waals surface area contributed by atoms with Crippen molar-refractivity contribution in [2.45, 2.75) is 206 Å². The normalized spacial score (nSPS) is 20.4. The van der Waals surface area contributed by atoms with Crippen molar-refractivity contribution in [3.63, 3.8) is 0 Å². The molecule has 2 unspecified atom stereocenters. The summed E-state index contributed by atoms with van der Waals surface area (Å²) < 4.78 is 80.8. The van der Waals surface area contributed by atoms with Crippen LogP contribution < -0.4 is 21.1 Å². The molecule has 8 atom stereocenters. The number of hydrogen-bond donors (Lipinski definition) is 5. The van der Waals surface area contributed by atoms with Gasteiger partial charge in [-0.2, -0.15) is 5.10 Å². The van der Waals surface area contributed by atoms with Crippen molar-refractivity contribution in [3.8, 4) is 17.1 Å². The maximum Gasteiger partial charge on any atom is 0.407 e. The number of methoxy groups -OCH3 is 2. The number of ether oxygens (including phenoxy) is 14. The molecule has 6 N–H and O–H groups in total. The van der Waals surface area contributed by atoms with Gasteiger partial charge in [0.1, 0.15) is 59.0 Å². The van der Waals surface area contributed by atoms with Gasteiger partial charge >= 0.3 is 6.09 Å². The second kappa shape index (κ2) is 55.3. The van der Waals surface area contributed by atoms with E-state index in [1.807, 2.05) is 75.4 Å². The SMILES string of the molecule is COc1cccc2cc(-c3nc([C@H]4CC[C@H](C(=O)NCCOCCOCCOCCOCCOCCOCCOCCOCCOCCNC(=O)O[C@H]5CC[C@H](CC[C@H](CC(=O)[C@H](C)/C=C(\C)[C@@H](O)CC(=O)[C@H](C)C[C@H](C)/C=C/C=C/C=C(\C)[C@H](CC6CCCC(C(=O)C(=O)N7CCCCC7)O6)OC)OC=O)CC5)CC4)n4ncnc(N)c34)[nH]c12. The molecular formula is C89H135N9O22. The van der Waals surface area contributed by atoms with E-state index in [1.165, 1.54) is 6.33 Å². The number of likely N-dealkylation sites (tertiary alicyclic amines) is 1. The van der Waals surface area contributed by atoms with E-state index in [0.717, 1.165) is 111 Å². The Morgan fingerprint density at radius 3 is 1.90 bits per heavy atom. The Labute approximate surface area is 707 Å². The minimum atomic E-state index is -1.04. The molecule has 4 aliphatic rings. The fraction of sp³-hybridized carbons (Fsp3) is 0.685. The van der Waals surface area contributed by atoms with Gasteiger partial charge in [0, 0.05) is 81.6 Å². The van der Waals surface area contributed by atoms with Gasteiger partial charge in [-0.25, -0.2) is 19.3 Å². The van der Waals surface area contributed by atoms with Gasteiger partial charge < -0.3 is 97.7 Å². The third kappa shape index (κ3) is 34.1. The van der Waals surface area contributed by atoms with E-state index in [4.69, 9.17) is 77.0 Å². The number of fused-ring (bicyclic) bond motifs is 2. The average Bonchev–Trinajstić information content (AvgIpc) is 1.60. The van der Waals surface area contributed by atoms with Crippen LogP contribution in [0, 0.1) is 29.6 Å². The van der Waals surface area contributed by atoms with Crippen molar-refractivity contribution in [2.24, 2.45) is 29.6 Å². The van der Waals surface area contributed by atoms with Crippen LogP contribution in [0.5, 0.6) is 5.75 Å². The Hall–Kier alpha value is -7.92. The second-order valence-corrected chi connectivity index (χ2v) is 31.8. The molecule has 3 aromatic heterocycles. The number of nitrogens with one attached hydrogen (secondary N) is 3. The van der Waals surface area contributed by atoms with E-state index < -0.39 is 42.0 Å². The molecule has 120 heavy (non-hydrogen) atoms. The molecule has 31 nitrogen and oxygen atoms in total. The van der Waals surface area contributed by atoms with E-state index >= 15 is 0 Å². The molecule has 3 amide bonds. The molecule has 4 aromatic rings. The number of amides is 3. The lowest BCUT2D eigenvalue weighted by Gasteiger charge is -2.33. The number of alkyl carbamates (subject to hydrolysis) is 1. The summed E-state index contributed by atoms with van der Waals surface area (Å²) in [7, 11) is 3.30. The van der Waals surface area contributed by atoms with Gasteiger partial charge in [-0.1, -0.05) is 69.4 Å². The number of aromatic amines is 1. The summed E-state index contributed by atoms with van der Waals surface area (Å²) in [5, 5.41) is 22.4. The number of para-hydroxylation sites is 1. The average molecular weight is 1680 g/mol. The first-order valence-corrected chi connectivity index (χ1v) is 43.4. The minimum absolute atomic E-state index is 0.0268. The van der Waals surface area contributed by atoms with Gasteiger partial charge in [0.05, 0.1) is 156 Å². The number of benzene rings is 1. The number of nitrogen functional groups attached to an aromatic ring is 1. The number of hydrogen-bond acceptors (Lipinski definition) is 26. The highest BCUT2D eigenvalue weighted by molar-refractivity contribution is 6.37. The van der Waals surface area contributed by atoms with Gasteiger partial charge in [0.2, 0.25) is 11.7 Å². The first kappa shape index (κ1) is 97.5. The second-order valence-electron chi connectivity index (χ2n) is 31.8. The Balaban J connectivity index is 0.531. The number of carbonyl (C=O) groups excluding carboxylic acids is 7. The lowest BCUT2D eigenvalue weighted by atomic mass is 9.81. The number of rotatable bonds is 59. The molecule has 8 rings (SSSR count). The van der Waals surface area contributed by atoms with Crippen molar-refractivity contribution in [2.75, 3.05) is 165 Å². The summed E-state index contributed by atoms with van der Waals surface area (Å²) in [6.07, 6.45) is 23.1. The highest BCUT2D eigenvalue weighted by Gasteiger charge is 2.37. The van der Waals surface area contributed by atoms with E-state index in [-0.39, 0.29) is 78.8 Å². The lowest BCUT2D eigenvalue weighted by molar-refractivity contribution is -0.157. The Morgan fingerprint density at radius 1 is 0.692 bits per heavy atom. The fourth-order valence-corrected chi connectivity index (χ4v) is 15.7. The van der Waals surface area contributed by atoms with Gasteiger partial charge in [-0.05, 0) is 158 Å². The molecule has 0 spiro atoms. The number of aliphatic hydroxyl groups is 1. The molecule has 31 heteroatoms. The molecule has 1 aromatic carbocycles. The van der Waals surface area contributed by atoms with Crippen molar-refractivity contribution < 1.29 is 105 Å². The van der Waals surface area contributed by atoms with E-state index in [0.29, 0.717) is 212 Å². The summed E-state index contributed by atoms with van der Waals surface area (Å²) >= 11 is 0. The standard InChI is InChI=1S/C89H135N9O22/c1-62(16-10-8-11-17-63(2)80(108-7)58-73-19-15-21-79(119-73)84(103)88(105)97-34-12-9-13-35-97)54-64(3)76(101)59-77(102)66(5)55-65(4)75(100)57-72(118-61-99)31-24-67-22-29-71(30-23-67)120-89(106)92-33-37-110-39-41-112-43-45-114-47-49-116-51-53-117-52-50-115-48-46-113-44-42-111-40-38-109-36-32-91-87(104)69-27-25-68(26-28-69)86-96-82(83-85(90)93-60-94-98(83)86)74-56-70-18-14-20-78(107-6)81(70)95-74/h8,10-11,14,16-18,20,55-56,60-62,64-65,67-69,71-73,77,79-80,95,102H,9,12-13,15,19,21-54,57-59H2,1-7H3,(H,91,104)(H,92,106)(H2,90,93,94)/b11-8+,16-10+,63-17+,66-55+/t62-,64-,65-,67-,68-,69-,71-,72-,73?,77+,79?,80+/m1/s1. The maximum absolute atomic E-state index is 13.4. The number of anilines is 1. The molecule has 0 radical (unpaired) electrons. The third-order valence-corrected chi connectivity index (χ3v) is 22.7. The van der Waals surface area contributed by atoms with Crippen LogP contribution in [0.4, 0.5) is 10.6 Å². The number of nitrogens with zero attached hydrogens (tertiary/aromatic N) is 5. The Bertz CT molecular complexity index is 3840. The van der Waals surface area contributed by atoms with Crippen molar-refractivity contribution in [3.05, 3.63) is 84.0 Å². The van der Waals surface area contributed by atoms with Crippen LogP contribution in [0.1, 0.15) is 175 Å². The van der Waals surface area contributed by atoms with E-state index in [9.17, 15) is 38.7 Å². The molecule has 668 valence electrons. The van der Waals surface area contributed by atoms with Crippen LogP contribution in [0.15, 0.2) is 78.2 Å². The van der Waals surface area contributed by atoms with Crippen LogP contribution in [-0.4, -0.2) is 272 Å². The predicted octanol–water partition coefficient (Wildman–Crippen LogP) is 10.5. The molecule has 4 fully saturated rings. The minimum Gasteiger partial charge on any atom is -0.495 e. The summed E-state index contributed by atoms with van der Waals surface area (Å²) in [5.74, 6) is 0.411. The van der Waals surface area contributed by atoms with Gasteiger partial charge in [-0.3, -0.25) is 28.8 Å². The maximum atomic E-state index is 13.4. The highest BCUT2D eigenvalue weighted by atomic mass is 16.6. The number of allylic oxidation sites excluding steroid dienone is 6. The zero-order valence-corrected chi connectivity index (χ0v) is 71.9. The quantitative estimate of drug-likeness (QED) is 0.00901. The van der Waals surface area contributed by atoms with Crippen molar-refractivity contribution >= 4 is 64.0 Å². The zero-order valence-electron chi connectivity index (χ0n) is 71.9. The van der Waals surface area contributed by atoms with Crippen LogP contribution in [0.25, 0.3) is 27.8 Å². The molecule has 2 aliphatic carbocycles. The van der Waals surface area contributed by atoms with E-state index in [2.05, 4.69) is 25.7 Å². The zero-order chi connectivity index (χ0) is 85.6. The molecule has 2 saturated heterocycles. The van der Waals surface area contributed by atoms with Crippen molar-refractivity contribution in [1.29, 1.82) is 0 Å². The summed E-state index contributed by atoms with van der Waals surface area (Å²) in [5.41, 5.74) is 10.9. The molecular weight excluding hydrogens is 1550 g/mol. The van der Waals surface area contributed by atoms with Gasteiger partial charge in [-0.15, -0.1) is 0 Å². The smallest absolute Gasteiger partial charge is 0.407 e. The highest BCUT2D eigenvalue weighted by Crippen LogP contribution is 2.40. The van der Waals surface area contributed by atoms with Crippen LogP contribution in [0.3, 0.4) is 0 Å². The number of piperidine rings is 1. The molecule has 5 heterocycles. The van der Waals surface area contributed by atoms with Gasteiger partial charge in [0.25, 0.3) is 12.4 Å². The summed E-state index contributed by atoms with van der Waals surface area (Å²) in [6, 6.07) is 7.89. The first-order valence-electron chi connectivity index (χ1n) is 43.4. The predicted molar refractivity (Wildman–Crippen MR) is 451 cm³/mol. The van der Waals surface area contributed by atoms with E-state index in [1.54, 1.807) is 43.6 Å². The number of carbonyl (C=O) groups is 7. The molecule has 2 saturated carbocycles. The van der Waals surface area contributed by atoms with Crippen molar-refractivity contribution in [1.82, 2.24) is 40.1 Å². The monoisotopic (exact) mass is 1680 g/mol. The van der Waals surface area contributed by atoms with Crippen LogP contribution in [0.2, 0.25) is 0 Å². The Kier molecular flexibility index (Phi) is 44.9. The number of aromatic nitrogens is 5. The summed E-state index contributed by atoms with van der Waals surface area (Å²) in [6.45, 7) is 19.1. The summed E-state index contributed by atoms with van der Waals surface area (Å²) in [4.78, 5) is 104. The fourth-order valence-electron chi connectivity index (χ4n) is 15.7. The van der Waals surface area contributed by atoms with Crippen LogP contribution >= 0.6 is 0 Å². The largest absolute Gasteiger partial charge is 0.495 e.